The van der Waals surface area contributed by atoms with Crippen LogP contribution in [0.4, 0.5) is 0 Å². The number of amides is 1. The van der Waals surface area contributed by atoms with Crippen LogP contribution in [0.15, 0.2) is 24.4 Å². The van der Waals surface area contributed by atoms with Crippen molar-refractivity contribution in [3.8, 4) is 11.6 Å². The van der Waals surface area contributed by atoms with Gasteiger partial charge in [-0.05, 0) is 41.5 Å². The maximum atomic E-state index is 11.6. The number of carbonyl (C=O) groups excluding carboxylic acids is 1. The van der Waals surface area contributed by atoms with E-state index in [9.17, 15) is 4.79 Å². The first-order valence-corrected chi connectivity index (χ1v) is 7.76. The summed E-state index contributed by atoms with van der Waals surface area (Å²) in [6, 6.07) is 5.95. The molecule has 1 aromatic carbocycles. The molecule has 1 N–H and O–H groups in total. The van der Waals surface area contributed by atoms with Crippen LogP contribution >= 0.6 is 0 Å². The van der Waals surface area contributed by atoms with Crippen molar-refractivity contribution in [1.82, 2.24) is 10.3 Å². The van der Waals surface area contributed by atoms with E-state index >= 15 is 0 Å². The number of benzene rings is 1. The molecular weight excluding hydrogens is 292 g/mol. The highest BCUT2D eigenvalue weighted by Gasteiger charge is 2.39. The smallest absolute Gasteiger partial charge is 0.221 e. The highest BCUT2D eigenvalue weighted by atomic mass is 16.5. The van der Waals surface area contributed by atoms with E-state index in [0.717, 1.165) is 22.1 Å². The zero-order chi connectivity index (χ0) is 16.6. The van der Waals surface area contributed by atoms with Crippen molar-refractivity contribution in [3.05, 3.63) is 30.0 Å². The Morgan fingerprint density at radius 2 is 2.17 bits per heavy atom. The predicted octanol–water partition coefficient (Wildman–Crippen LogP) is 2.85. The number of hydrogen-bond acceptors (Lipinski definition) is 4. The van der Waals surface area contributed by atoms with Gasteiger partial charge in [-0.1, -0.05) is 13.8 Å². The van der Waals surface area contributed by atoms with Crippen molar-refractivity contribution >= 4 is 16.7 Å². The standard InChI is InChI=1S/C18H22N2O3/c1-11-7-12-5-6-19-17(13(12)8-14(11)22-4)23-10-15-18(2,3)9-16(21)20-15/h5-8,15H,9-10H2,1-4H3,(H,20,21). The third-order valence-corrected chi connectivity index (χ3v) is 4.52. The summed E-state index contributed by atoms with van der Waals surface area (Å²) in [5, 5.41) is 4.95. The van der Waals surface area contributed by atoms with E-state index in [4.69, 9.17) is 9.47 Å². The van der Waals surface area contributed by atoms with Gasteiger partial charge < -0.3 is 14.8 Å². The molecule has 1 aliphatic rings. The van der Waals surface area contributed by atoms with Gasteiger partial charge in [0.2, 0.25) is 11.8 Å². The molecule has 0 spiro atoms. The molecule has 122 valence electrons. The first-order valence-electron chi connectivity index (χ1n) is 7.76. The second-order valence-corrected chi connectivity index (χ2v) is 6.76. The van der Waals surface area contributed by atoms with Gasteiger partial charge in [0, 0.05) is 18.0 Å². The van der Waals surface area contributed by atoms with Crippen molar-refractivity contribution < 1.29 is 14.3 Å². The molecule has 2 aromatic rings. The molecule has 5 nitrogen and oxygen atoms in total. The number of nitrogens with one attached hydrogen (secondary N) is 1. The van der Waals surface area contributed by atoms with Crippen LogP contribution in [0.5, 0.6) is 11.6 Å². The molecule has 1 aromatic heterocycles. The molecule has 0 saturated carbocycles. The number of carbonyl (C=O) groups is 1. The van der Waals surface area contributed by atoms with Gasteiger partial charge in [-0.25, -0.2) is 4.98 Å². The van der Waals surface area contributed by atoms with E-state index < -0.39 is 0 Å². The Balaban J connectivity index is 1.87. The molecule has 1 amide bonds. The summed E-state index contributed by atoms with van der Waals surface area (Å²) in [5.41, 5.74) is 0.956. The molecular formula is C18H22N2O3. The lowest BCUT2D eigenvalue weighted by Crippen LogP contribution is -2.38. The van der Waals surface area contributed by atoms with E-state index in [1.54, 1.807) is 13.3 Å². The number of fused-ring (bicyclic) bond motifs is 1. The molecule has 23 heavy (non-hydrogen) atoms. The van der Waals surface area contributed by atoms with Gasteiger partial charge in [-0.2, -0.15) is 0 Å². The van der Waals surface area contributed by atoms with Crippen LogP contribution in [0.25, 0.3) is 10.8 Å². The largest absolute Gasteiger partial charge is 0.496 e. The van der Waals surface area contributed by atoms with E-state index in [1.807, 2.05) is 19.1 Å². The van der Waals surface area contributed by atoms with Gasteiger partial charge in [0.15, 0.2) is 0 Å². The highest BCUT2D eigenvalue weighted by molar-refractivity contribution is 5.89. The lowest BCUT2D eigenvalue weighted by atomic mass is 9.85. The van der Waals surface area contributed by atoms with Gasteiger partial charge in [0.05, 0.1) is 13.2 Å². The molecule has 1 fully saturated rings. The molecule has 1 unspecified atom stereocenters. The lowest BCUT2D eigenvalue weighted by Gasteiger charge is -2.25. The second-order valence-electron chi connectivity index (χ2n) is 6.76. The molecule has 0 radical (unpaired) electrons. The van der Waals surface area contributed by atoms with Gasteiger partial charge in [-0.3, -0.25) is 4.79 Å². The van der Waals surface area contributed by atoms with Crippen LogP contribution in [-0.2, 0) is 4.79 Å². The molecule has 1 saturated heterocycles. The maximum absolute atomic E-state index is 11.6. The number of rotatable bonds is 4. The fourth-order valence-corrected chi connectivity index (χ4v) is 3.03. The molecule has 1 atom stereocenters. The van der Waals surface area contributed by atoms with Gasteiger partial charge >= 0.3 is 0 Å². The number of aryl methyl sites for hydroxylation is 1. The van der Waals surface area contributed by atoms with Crippen LogP contribution in [-0.4, -0.2) is 30.6 Å². The van der Waals surface area contributed by atoms with Crippen LogP contribution in [0.3, 0.4) is 0 Å². The van der Waals surface area contributed by atoms with E-state index in [0.29, 0.717) is 18.9 Å². The van der Waals surface area contributed by atoms with Crippen molar-refractivity contribution in [2.24, 2.45) is 5.41 Å². The van der Waals surface area contributed by atoms with Crippen molar-refractivity contribution in [1.29, 1.82) is 0 Å². The average molecular weight is 314 g/mol. The Kier molecular flexibility index (Phi) is 3.88. The summed E-state index contributed by atoms with van der Waals surface area (Å²) in [5.74, 6) is 1.45. The third kappa shape index (κ3) is 2.96. The molecule has 3 rings (SSSR count). The Morgan fingerprint density at radius 3 is 2.83 bits per heavy atom. The number of pyridine rings is 1. The topological polar surface area (TPSA) is 60.5 Å². The summed E-state index contributed by atoms with van der Waals surface area (Å²) in [7, 11) is 1.65. The number of methoxy groups -OCH3 is 1. The maximum Gasteiger partial charge on any atom is 0.221 e. The lowest BCUT2D eigenvalue weighted by molar-refractivity contribution is -0.119. The molecule has 5 heteroatoms. The minimum Gasteiger partial charge on any atom is -0.496 e. The summed E-state index contributed by atoms with van der Waals surface area (Å²) < 4.78 is 11.3. The molecule has 0 aliphatic carbocycles. The van der Waals surface area contributed by atoms with Gasteiger partial charge in [0.25, 0.3) is 0 Å². The average Bonchev–Trinajstić information content (AvgIpc) is 2.76. The number of aromatic nitrogens is 1. The van der Waals surface area contributed by atoms with E-state index in [2.05, 4.69) is 30.2 Å². The summed E-state index contributed by atoms with van der Waals surface area (Å²) in [4.78, 5) is 16.0. The fourth-order valence-electron chi connectivity index (χ4n) is 3.03. The highest BCUT2D eigenvalue weighted by Crippen LogP contribution is 2.33. The van der Waals surface area contributed by atoms with E-state index in [1.165, 1.54) is 0 Å². The monoisotopic (exact) mass is 314 g/mol. The van der Waals surface area contributed by atoms with Crippen LogP contribution in [0.1, 0.15) is 25.8 Å². The minimum absolute atomic E-state index is 0.0144. The number of hydrogen-bond donors (Lipinski definition) is 1. The van der Waals surface area contributed by atoms with Gasteiger partial charge in [-0.15, -0.1) is 0 Å². The zero-order valence-electron chi connectivity index (χ0n) is 14.0. The number of ether oxygens (including phenoxy) is 2. The Labute approximate surface area is 136 Å². The van der Waals surface area contributed by atoms with Crippen LogP contribution in [0.2, 0.25) is 0 Å². The summed E-state index contributed by atoms with van der Waals surface area (Å²) in [6.45, 7) is 6.56. The summed E-state index contributed by atoms with van der Waals surface area (Å²) >= 11 is 0. The fraction of sp³-hybridized carbons (Fsp3) is 0.444. The third-order valence-electron chi connectivity index (χ3n) is 4.52. The Bertz CT molecular complexity index is 755. The SMILES string of the molecule is COc1cc2c(OCC3NC(=O)CC3(C)C)nccc2cc1C. The van der Waals surface area contributed by atoms with Crippen molar-refractivity contribution in [3.63, 3.8) is 0 Å². The summed E-state index contributed by atoms with van der Waals surface area (Å²) in [6.07, 6.45) is 2.26. The van der Waals surface area contributed by atoms with Crippen LogP contribution < -0.4 is 14.8 Å². The Morgan fingerprint density at radius 1 is 1.39 bits per heavy atom. The zero-order valence-corrected chi connectivity index (χ0v) is 14.0. The molecule has 1 aliphatic heterocycles. The molecule has 2 heterocycles. The van der Waals surface area contributed by atoms with Crippen molar-refractivity contribution in [2.45, 2.75) is 33.2 Å². The normalized spacial score (nSPS) is 19.7. The van der Waals surface area contributed by atoms with E-state index in [-0.39, 0.29) is 17.4 Å². The predicted molar refractivity (Wildman–Crippen MR) is 88.9 cm³/mol. The van der Waals surface area contributed by atoms with Crippen molar-refractivity contribution in [2.75, 3.05) is 13.7 Å². The minimum atomic E-state index is -0.115. The Hall–Kier alpha value is -2.30. The molecule has 0 bridgehead atoms. The first-order chi connectivity index (χ1) is 10.9. The van der Waals surface area contributed by atoms with Gasteiger partial charge in [0.1, 0.15) is 12.4 Å². The van der Waals surface area contributed by atoms with Crippen LogP contribution in [0, 0.1) is 12.3 Å². The first kappa shape index (κ1) is 15.6. The number of nitrogens with zero attached hydrogens (tertiary/aromatic N) is 1. The second kappa shape index (κ2) is 5.72. The quantitative estimate of drug-likeness (QED) is 0.942.